The van der Waals surface area contributed by atoms with Crippen molar-refractivity contribution in [3.63, 3.8) is 0 Å². The maximum atomic E-state index is 13.2. The van der Waals surface area contributed by atoms with Crippen LogP contribution in [0.15, 0.2) is 96.5 Å². The molecule has 196 valence electrons. The van der Waals surface area contributed by atoms with Crippen LogP contribution in [0.25, 0.3) is 16.9 Å². The van der Waals surface area contributed by atoms with Crippen LogP contribution in [0.1, 0.15) is 0 Å². The third-order valence-corrected chi connectivity index (χ3v) is 7.88. The van der Waals surface area contributed by atoms with E-state index in [1.807, 2.05) is 24.3 Å². The lowest BCUT2D eigenvalue weighted by molar-refractivity contribution is -0.116. The van der Waals surface area contributed by atoms with Gasteiger partial charge in [-0.25, -0.2) is 13.4 Å². The summed E-state index contributed by atoms with van der Waals surface area (Å²) < 4.78 is 34.4. The molecule has 0 bridgehead atoms. The molecule has 0 radical (unpaired) electrons. The lowest BCUT2D eigenvalue weighted by atomic mass is 10.2. The number of nitrogens with one attached hydrogen (secondary N) is 1. The van der Waals surface area contributed by atoms with Crippen LogP contribution < -0.4 is 10.1 Å². The van der Waals surface area contributed by atoms with Crippen LogP contribution in [0, 0.1) is 0 Å². The van der Waals surface area contributed by atoms with E-state index in [-0.39, 0.29) is 17.4 Å². The first kappa shape index (κ1) is 27.4. The Kier molecular flexibility index (Phi) is 8.53. The zero-order valence-electron chi connectivity index (χ0n) is 20.3. The first-order valence-corrected chi connectivity index (χ1v) is 13.6. The highest BCUT2D eigenvalue weighted by molar-refractivity contribution is 7.89. The molecule has 4 rings (SSSR count). The van der Waals surface area contributed by atoms with Crippen molar-refractivity contribution < 1.29 is 17.9 Å². The molecule has 0 aliphatic carbocycles. The van der Waals surface area contributed by atoms with Gasteiger partial charge in [0.25, 0.3) is 0 Å². The van der Waals surface area contributed by atoms with Crippen molar-refractivity contribution in [1.29, 1.82) is 0 Å². The number of methoxy groups -OCH3 is 1. The smallest absolute Gasteiger partial charge is 0.243 e. The summed E-state index contributed by atoms with van der Waals surface area (Å²) in [7, 11) is -2.42. The molecule has 3 aromatic carbocycles. The summed E-state index contributed by atoms with van der Waals surface area (Å²) in [6.07, 6.45) is 3.18. The van der Waals surface area contributed by atoms with E-state index >= 15 is 0 Å². The van der Waals surface area contributed by atoms with E-state index in [2.05, 4.69) is 16.9 Å². The minimum absolute atomic E-state index is 0.0151. The van der Waals surface area contributed by atoms with Crippen molar-refractivity contribution >= 4 is 45.1 Å². The molecule has 0 spiro atoms. The molecule has 1 N–H and O–H groups in total. The van der Waals surface area contributed by atoms with Crippen LogP contribution in [0.5, 0.6) is 5.75 Å². The highest BCUT2D eigenvalue weighted by Gasteiger charge is 2.26. The number of carbonyl (C=O) groups excluding carboxylic acids is 1. The topological polar surface area (TPSA) is 93.5 Å². The number of amides is 1. The van der Waals surface area contributed by atoms with E-state index in [0.29, 0.717) is 27.2 Å². The fraction of sp³-hybridized carbons (Fsp3) is 0.111. The van der Waals surface area contributed by atoms with Crippen molar-refractivity contribution in [3.8, 4) is 22.7 Å². The van der Waals surface area contributed by atoms with E-state index < -0.39 is 22.5 Å². The third kappa shape index (κ3) is 6.25. The molecule has 0 atom stereocenters. The Bertz CT molecular complexity index is 1540. The number of rotatable bonds is 10. The fourth-order valence-corrected chi connectivity index (χ4v) is 5.26. The molecule has 1 heterocycles. The van der Waals surface area contributed by atoms with E-state index in [9.17, 15) is 13.2 Å². The van der Waals surface area contributed by atoms with Crippen LogP contribution in [0.2, 0.25) is 10.0 Å². The van der Waals surface area contributed by atoms with Gasteiger partial charge in [-0.1, -0.05) is 41.4 Å². The van der Waals surface area contributed by atoms with Gasteiger partial charge in [0.05, 0.1) is 24.2 Å². The first-order valence-electron chi connectivity index (χ1n) is 11.4. The van der Waals surface area contributed by atoms with Crippen LogP contribution in [-0.4, -0.2) is 48.4 Å². The van der Waals surface area contributed by atoms with Gasteiger partial charge in [0.15, 0.2) is 0 Å². The Morgan fingerprint density at radius 2 is 1.63 bits per heavy atom. The number of imidazole rings is 1. The second-order valence-corrected chi connectivity index (χ2v) is 10.9. The number of hydrogen-bond donors (Lipinski definition) is 1. The second kappa shape index (κ2) is 11.8. The standard InChI is InChI=1S/C27H24Cl2N4O4S/c1-3-16-32(38(35,36)24-14-8-21(29)9-15-24)18-26(34)31-27-30-25(19-4-6-20(28)7-5-19)17-33(27)22-10-12-23(37-2)13-11-22/h3-15,17H,1,16,18H2,2H3,(H,30,31,34). The Morgan fingerprint density at radius 1 is 1.03 bits per heavy atom. The molecular formula is C27H24Cl2N4O4S. The molecule has 1 amide bonds. The van der Waals surface area contributed by atoms with Gasteiger partial charge in [0, 0.05) is 34.0 Å². The molecule has 11 heteroatoms. The first-order chi connectivity index (χ1) is 18.2. The van der Waals surface area contributed by atoms with E-state index in [1.165, 1.54) is 30.3 Å². The van der Waals surface area contributed by atoms with Crippen molar-refractivity contribution in [3.05, 3.63) is 102 Å². The Morgan fingerprint density at radius 3 is 2.21 bits per heavy atom. The number of anilines is 1. The predicted octanol–water partition coefficient (Wildman–Crippen LogP) is 5.67. The number of nitrogens with zero attached hydrogens (tertiary/aromatic N) is 3. The molecule has 38 heavy (non-hydrogen) atoms. The minimum atomic E-state index is -3.99. The molecule has 0 saturated carbocycles. The van der Waals surface area contributed by atoms with Gasteiger partial charge in [-0.05, 0) is 60.7 Å². The number of sulfonamides is 1. The van der Waals surface area contributed by atoms with Gasteiger partial charge in [-0.15, -0.1) is 6.58 Å². The van der Waals surface area contributed by atoms with Gasteiger partial charge in [0.1, 0.15) is 5.75 Å². The molecular weight excluding hydrogens is 547 g/mol. The summed E-state index contributed by atoms with van der Waals surface area (Å²) in [5, 5.41) is 3.74. The summed E-state index contributed by atoms with van der Waals surface area (Å²) in [6.45, 7) is 3.11. The third-order valence-electron chi connectivity index (χ3n) is 5.55. The second-order valence-electron chi connectivity index (χ2n) is 8.11. The SMILES string of the molecule is C=CCN(CC(=O)Nc1nc(-c2ccc(Cl)cc2)cn1-c1ccc(OC)cc1)S(=O)(=O)c1ccc(Cl)cc1. The summed E-state index contributed by atoms with van der Waals surface area (Å²) in [4.78, 5) is 17.8. The number of benzene rings is 3. The Labute approximate surface area is 231 Å². The van der Waals surface area contributed by atoms with Crippen molar-refractivity contribution in [2.45, 2.75) is 4.90 Å². The number of carbonyl (C=O) groups is 1. The number of aromatic nitrogens is 2. The van der Waals surface area contributed by atoms with E-state index in [4.69, 9.17) is 27.9 Å². The molecule has 8 nitrogen and oxygen atoms in total. The molecule has 0 aliphatic heterocycles. The van der Waals surface area contributed by atoms with Gasteiger partial charge in [-0.2, -0.15) is 4.31 Å². The average Bonchev–Trinajstić information content (AvgIpc) is 3.32. The summed E-state index contributed by atoms with van der Waals surface area (Å²) >= 11 is 11.9. The van der Waals surface area contributed by atoms with E-state index in [0.717, 1.165) is 9.87 Å². The highest BCUT2D eigenvalue weighted by Crippen LogP contribution is 2.27. The maximum Gasteiger partial charge on any atom is 0.243 e. The summed E-state index contributed by atoms with van der Waals surface area (Å²) in [6, 6.07) is 20.1. The highest BCUT2D eigenvalue weighted by atomic mass is 35.5. The monoisotopic (exact) mass is 570 g/mol. The number of hydrogen-bond acceptors (Lipinski definition) is 5. The zero-order valence-corrected chi connectivity index (χ0v) is 22.7. The Balaban J connectivity index is 1.64. The molecule has 0 aliphatic rings. The number of ether oxygens (including phenoxy) is 1. The normalized spacial score (nSPS) is 11.4. The molecule has 4 aromatic rings. The molecule has 1 aromatic heterocycles. The quantitative estimate of drug-likeness (QED) is 0.248. The summed E-state index contributed by atoms with van der Waals surface area (Å²) in [5.41, 5.74) is 2.09. The minimum Gasteiger partial charge on any atom is -0.497 e. The maximum absolute atomic E-state index is 13.2. The van der Waals surface area contributed by atoms with Gasteiger partial charge >= 0.3 is 0 Å². The van der Waals surface area contributed by atoms with Gasteiger partial charge in [-0.3, -0.25) is 14.7 Å². The van der Waals surface area contributed by atoms with Crippen molar-refractivity contribution in [1.82, 2.24) is 13.9 Å². The van der Waals surface area contributed by atoms with Crippen molar-refractivity contribution in [2.24, 2.45) is 0 Å². The van der Waals surface area contributed by atoms with Crippen LogP contribution in [0.3, 0.4) is 0 Å². The zero-order chi connectivity index (χ0) is 27.3. The number of halogens is 2. The molecule has 0 unspecified atom stereocenters. The average molecular weight is 571 g/mol. The lowest BCUT2D eigenvalue weighted by Crippen LogP contribution is -2.38. The van der Waals surface area contributed by atoms with Crippen LogP contribution in [0.4, 0.5) is 5.95 Å². The van der Waals surface area contributed by atoms with Gasteiger partial charge < -0.3 is 4.74 Å². The van der Waals surface area contributed by atoms with Gasteiger partial charge in [0.2, 0.25) is 21.9 Å². The molecule has 0 saturated heterocycles. The lowest BCUT2D eigenvalue weighted by Gasteiger charge is -2.20. The van der Waals surface area contributed by atoms with E-state index in [1.54, 1.807) is 42.1 Å². The predicted molar refractivity (Wildman–Crippen MR) is 150 cm³/mol. The Hall–Kier alpha value is -3.63. The largest absolute Gasteiger partial charge is 0.497 e. The fourth-order valence-electron chi connectivity index (χ4n) is 3.64. The molecule has 0 fully saturated rings. The van der Waals surface area contributed by atoms with Crippen LogP contribution in [-0.2, 0) is 14.8 Å². The van der Waals surface area contributed by atoms with Crippen LogP contribution >= 0.6 is 23.2 Å². The summed E-state index contributed by atoms with van der Waals surface area (Å²) in [5.74, 6) is 0.310. The van der Waals surface area contributed by atoms with Crippen molar-refractivity contribution in [2.75, 3.05) is 25.5 Å².